The number of carboxylic acid groups (broad SMARTS) is 1. The first-order valence-corrected chi connectivity index (χ1v) is 5.90. The predicted molar refractivity (Wildman–Crippen MR) is 71.2 cm³/mol. The van der Waals surface area contributed by atoms with Crippen molar-refractivity contribution in [1.82, 2.24) is 4.98 Å². The highest BCUT2D eigenvalue weighted by Crippen LogP contribution is 2.25. The molecule has 1 aromatic heterocycles. The van der Waals surface area contributed by atoms with Gasteiger partial charge >= 0.3 is 5.97 Å². The van der Waals surface area contributed by atoms with Crippen LogP contribution in [0.15, 0.2) is 24.4 Å². The third kappa shape index (κ3) is 2.31. The van der Waals surface area contributed by atoms with Gasteiger partial charge < -0.3 is 21.6 Å². The fourth-order valence-corrected chi connectivity index (χ4v) is 2.18. The summed E-state index contributed by atoms with van der Waals surface area (Å²) < 4.78 is 0. The van der Waals surface area contributed by atoms with Gasteiger partial charge in [0.05, 0.1) is 17.1 Å². The van der Waals surface area contributed by atoms with Crippen molar-refractivity contribution in [2.45, 2.75) is 12.8 Å². The number of para-hydroxylation sites is 1. The van der Waals surface area contributed by atoms with E-state index in [0.29, 0.717) is 25.1 Å². The lowest BCUT2D eigenvalue weighted by molar-refractivity contribution is -0.141. The highest BCUT2D eigenvalue weighted by molar-refractivity contribution is 5.92. The number of nitrogens with two attached hydrogens (primary N) is 2. The molecule has 0 saturated heterocycles. The summed E-state index contributed by atoms with van der Waals surface area (Å²) in [5.74, 6) is -1.26. The molecule has 5 nitrogen and oxygen atoms in total. The van der Waals surface area contributed by atoms with Crippen LogP contribution in [0.2, 0.25) is 0 Å². The van der Waals surface area contributed by atoms with Crippen molar-refractivity contribution in [2.75, 3.05) is 12.3 Å². The van der Waals surface area contributed by atoms with E-state index < -0.39 is 11.9 Å². The van der Waals surface area contributed by atoms with Gasteiger partial charge in [-0.05, 0) is 31.0 Å². The summed E-state index contributed by atoms with van der Waals surface area (Å²) in [6, 6.07) is 5.63. The average molecular weight is 247 g/mol. The van der Waals surface area contributed by atoms with Crippen molar-refractivity contribution in [3.05, 3.63) is 30.0 Å². The van der Waals surface area contributed by atoms with E-state index in [1.807, 2.05) is 24.4 Å². The highest BCUT2D eigenvalue weighted by atomic mass is 16.4. The first kappa shape index (κ1) is 12.4. The van der Waals surface area contributed by atoms with Crippen LogP contribution in [-0.2, 0) is 11.2 Å². The van der Waals surface area contributed by atoms with Crippen molar-refractivity contribution in [2.24, 2.45) is 11.7 Å². The van der Waals surface area contributed by atoms with Crippen molar-refractivity contribution in [1.29, 1.82) is 0 Å². The van der Waals surface area contributed by atoms with E-state index in [4.69, 9.17) is 16.6 Å². The molecule has 0 aliphatic rings. The number of benzene rings is 1. The molecule has 1 aromatic carbocycles. The Labute approximate surface area is 105 Å². The van der Waals surface area contributed by atoms with Crippen LogP contribution in [0.3, 0.4) is 0 Å². The summed E-state index contributed by atoms with van der Waals surface area (Å²) in [6.07, 6.45) is 2.77. The summed E-state index contributed by atoms with van der Waals surface area (Å²) in [5.41, 5.74) is 13.8. The molecule has 5 heteroatoms. The number of carbonyl (C=O) groups is 1. The standard InChI is InChI=1S/C13H17N3O2/c14-5-4-8(13(17)18)6-9-7-16-12-10(9)2-1-3-11(12)15/h1-3,7-8,16H,4-6,14-15H2,(H,17,18). The summed E-state index contributed by atoms with van der Waals surface area (Å²) in [6.45, 7) is 0.376. The van der Waals surface area contributed by atoms with E-state index >= 15 is 0 Å². The van der Waals surface area contributed by atoms with Gasteiger partial charge in [0.1, 0.15) is 0 Å². The van der Waals surface area contributed by atoms with Crippen LogP contribution in [0.4, 0.5) is 5.69 Å². The molecule has 0 fully saturated rings. The van der Waals surface area contributed by atoms with E-state index in [1.54, 1.807) is 0 Å². The summed E-state index contributed by atoms with van der Waals surface area (Å²) in [4.78, 5) is 14.2. The van der Waals surface area contributed by atoms with Crippen molar-refractivity contribution in [3.63, 3.8) is 0 Å². The molecular weight excluding hydrogens is 230 g/mol. The Morgan fingerprint density at radius 1 is 1.44 bits per heavy atom. The number of nitrogen functional groups attached to an aromatic ring is 1. The Morgan fingerprint density at radius 2 is 2.22 bits per heavy atom. The lowest BCUT2D eigenvalue weighted by Gasteiger charge is -2.10. The number of aromatic nitrogens is 1. The van der Waals surface area contributed by atoms with Gasteiger partial charge in [-0.15, -0.1) is 0 Å². The van der Waals surface area contributed by atoms with Crippen molar-refractivity contribution in [3.8, 4) is 0 Å². The molecule has 1 heterocycles. The zero-order valence-electron chi connectivity index (χ0n) is 10.0. The molecule has 0 aliphatic heterocycles. The van der Waals surface area contributed by atoms with E-state index in [2.05, 4.69) is 4.98 Å². The van der Waals surface area contributed by atoms with Gasteiger partial charge in [0, 0.05) is 11.6 Å². The lowest BCUT2D eigenvalue weighted by atomic mass is 9.96. The number of hydrogen-bond acceptors (Lipinski definition) is 3. The van der Waals surface area contributed by atoms with Crippen molar-refractivity contribution < 1.29 is 9.90 Å². The number of anilines is 1. The number of fused-ring (bicyclic) bond motifs is 1. The molecule has 96 valence electrons. The van der Waals surface area contributed by atoms with Gasteiger partial charge in [-0.25, -0.2) is 0 Å². The highest BCUT2D eigenvalue weighted by Gasteiger charge is 2.19. The molecular formula is C13H17N3O2. The number of aliphatic carboxylic acids is 1. The maximum atomic E-state index is 11.1. The molecule has 1 unspecified atom stereocenters. The monoisotopic (exact) mass is 247 g/mol. The van der Waals surface area contributed by atoms with Crippen LogP contribution < -0.4 is 11.5 Å². The molecule has 0 aliphatic carbocycles. The van der Waals surface area contributed by atoms with E-state index in [9.17, 15) is 4.79 Å². The Bertz CT molecular complexity index is 562. The zero-order valence-corrected chi connectivity index (χ0v) is 10.0. The Morgan fingerprint density at radius 3 is 2.89 bits per heavy atom. The largest absolute Gasteiger partial charge is 0.481 e. The van der Waals surface area contributed by atoms with Gasteiger partial charge in [0.2, 0.25) is 0 Å². The van der Waals surface area contributed by atoms with Crippen LogP contribution in [0, 0.1) is 5.92 Å². The van der Waals surface area contributed by atoms with Gasteiger partial charge in [0.15, 0.2) is 0 Å². The van der Waals surface area contributed by atoms with Gasteiger partial charge in [-0.3, -0.25) is 4.79 Å². The fourth-order valence-electron chi connectivity index (χ4n) is 2.18. The van der Waals surface area contributed by atoms with Crippen LogP contribution >= 0.6 is 0 Å². The molecule has 18 heavy (non-hydrogen) atoms. The second kappa shape index (κ2) is 5.10. The Kier molecular flexibility index (Phi) is 3.53. The SMILES string of the molecule is NCCC(Cc1c[nH]c2c(N)cccc12)C(=O)O. The molecule has 0 amide bonds. The number of hydrogen-bond donors (Lipinski definition) is 4. The third-order valence-corrected chi connectivity index (χ3v) is 3.16. The maximum absolute atomic E-state index is 11.1. The van der Waals surface area contributed by atoms with Crippen LogP contribution in [0.25, 0.3) is 10.9 Å². The second-order valence-corrected chi connectivity index (χ2v) is 4.40. The van der Waals surface area contributed by atoms with Crippen molar-refractivity contribution >= 4 is 22.6 Å². The number of H-pyrrole nitrogens is 1. The number of carboxylic acids is 1. The Hall–Kier alpha value is -2.01. The van der Waals surface area contributed by atoms with Gasteiger partial charge in [-0.1, -0.05) is 12.1 Å². The number of nitrogens with one attached hydrogen (secondary N) is 1. The van der Waals surface area contributed by atoms with Gasteiger partial charge in [-0.2, -0.15) is 0 Å². The molecule has 1 atom stereocenters. The molecule has 0 bridgehead atoms. The summed E-state index contributed by atoms with van der Waals surface area (Å²) in [7, 11) is 0. The van der Waals surface area contributed by atoms with Crippen LogP contribution in [0.5, 0.6) is 0 Å². The predicted octanol–water partition coefficient (Wildman–Crippen LogP) is 1.34. The minimum Gasteiger partial charge on any atom is -0.481 e. The first-order valence-electron chi connectivity index (χ1n) is 5.90. The van der Waals surface area contributed by atoms with Crippen LogP contribution in [0.1, 0.15) is 12.0 Å². The third-order valence-electron chi connectivity index (χ3n) is 3.16. The first-order chi connectivity index (χ1) is 8.63. The average Bonchev–Trinajstić information content (AvgIpc) is 2.73. The van der Waals surface area contributed by atoms with Gasteiger partial charge in [0.25, 0.3) is 0 Å². The molecule has 0 spiro atoms. The number of rotatable bonds is 5. The van der Waals surface area contributed by atoms with E-state index in [-0.39, 0.29) is 0 Å². The maximum Gasteiger partial charge on any atom is 0.306 e. The molecule has 2 aromatic rings. The topological polar surface area (TPSA) is 105 Å². The van der Waals surface area contributed by atoms with Crippen LogP contribution in [-0.4, -0.2) is 22.6 Å². The fraction of sp³-hybridized carbons (Fsp3) is 0.308. The van der Waals surface area contributed by atoms with E-state index in [1.165, 1.54) is 0 Å². The zero-order chi connectivity index (χ0) is 13.1. The molecule has 6 N–H and O–H groups in total. The number of aromatic amines is 1. The summed E-state index contributed by atoms with van der Waals surface area (Å²) >= 11 is 0. The summed E-state index contributed by atoms with van der Waals surface area (Å²) in [5, 5.41) is 10.1. The lowest BCUT2D eigenvalue weighted by Crippen LogP contribution is -2.20. The quantitative estimate of drug-likeness (QED) is 0.598. The molecule has 2 rings (SSSR count). The normalized spacial score (nSPS) is 12.7. The molecule has 0 radical (unpaired) electrons. The molecule has 0 saturated carbocycles. The minimum absolute atomic E-state index is 0.376. The smallest absolute Gasteiger partial charge is 0.306 e. The Balaban J connectivity index is 2.31. The second-order valence-electron chi connectivity index (χ2n) is 4.40. The minimum atomic E-state index is -0.807. The van der Waals surface area contributed by atoms with E-state index in [0.717, 1.165) is 16.5 Å².